The van der Waals surface area contributed by atoms with Crippen molar-refractivity contribution < 1.29 is 0 Å². The smallest absolute Gasteiger partial charge is 0.0619 e. The van der Waals surface area contributed by atoms with E-state index in [-0.39, 0.29) is 0 Å². The molecule has 0 radical (unpaired) electrons. The Morgan fingerprint density at radius 1 is 0.295 bits per heavy atom. The Balaban J connectivity index is 1.45. The van der Waals surface area contributed by atoms with Gasteiger partial charge in [0.05, 0.1) is 22.1 Å². The second-order valence-electron chi connectivity index (χ2n) is 11.4. The average Bonchev–Trinajstić information content (AvgIpc) is 3.60. The number of hydrogen-bond donors (Lipinski definition) is 0. The van der Waals surface area contributed by atoms with Crippen LogP contribution in [0.1, 0.15) is 0 Å². The average molecular weight is 561 g/mol. The lowest BCUT2D eigenvalue weighted by atomic mass is 10.0. The molecule has 0 aliphatic rings. The monoisotopic (exact) mass is 560 g/mol. The number of aromatic nitrogens is 2. The third-order valence-electron chi connectivity index (χ3n) is 8.89. The highest BCUT2D eigenvalue weighted by molar-refractivity contribution is 6.21. The molecule has 0 aliphatic heterocycles. The van der Waals surface area contributed by atoms with Crippen molar-refractivity contribution in [3.8, 4) is 33.6 Å². The fraction of sp³-hybridized carbons (Fsp3) is 0. The Bertz CT molecular complexity index is 2470. The largest absolute Gasteiger partial charge is 0.309 e. The molecule has 206 valence electrons. The van der Waals surface area contributed by atoms with Crippen LogP contribution in [0.3, 0.4) is 0 Å². The van der Waals surface area contributed by atoms with Crippen molar-refractivity contribution in [3.05, 3.63) is 170 Å². The van der Waals surface area contributed by atoms with Crippen LogP contribution in [0.4, 0.5) is 0 Å². The summed E-state index contributed by atoms with van der Waals surface area (Å²) in [6.07, 6.45) is 0. The molecule has 2 heteroatoms. The van der Waals surface area contributed by atoms with Gasteiger partial charge in [0.2, 0.25) is 0 Å². The molecular weight excluding hydrogens is 532 g/mol. The fourth-order valence-electron chi connectivity index (χ4n) is 6.96. The number of benzene rings is 7. The zero-order chi connectivity index (χ0) is 29.0. The Morgan fingerprint density at radius 2 is 0.864 bits per heavy atom. The lowest BCUT2D eigenvalue weighted by molar-refractivity contribution is 1.16. The molecule has 0 bridgehead atoms. The fourth-order valence-corrected chi connectivity index (χ4v) is 6.96. The number of fused-ring (bicyclic) bond motifs is 6. The summed E-state index contributed by atoms with van der Waals surface area (Å²) in [7, 11) is 0. The summed E-state index contributed by atoms with van der Waals surface area (Å²) >= 11 is 0. The highest BCUT2D eigenvalue weighted by Crippen LogP contribution is 2.42. The van der Waals surface area contributed by atoms with Gasteiger partial charge in [0.1, 0.15) is 0 Å². The van der Waals surface area contributed by atoms with Gasteiger partial charge in [0.25, 0.3) is 0 Å². The van der Waals surface area contributed by atoms with Crippen LogP contribution in [0.2, 0.25) is 0 Å². The van der Waals surface area contributed by atoms with Gasteiger partial charge in [-0.3, -0.25) is 0 Å². The summed E-state index contributed by atoms with van der Waals surface area (Å²) in [5.74, 6) is 0. The SMILES string of the molecule is c1ccc(-c2cccc(-n3c4cc5c(cc4c4cccc(-c6ccccc6)c43)c3ccccc3n5-c3ccccc3)c2)cc1. The summed E-state index contributed by atoms with van der Waals surface area (Å²) in [6, 6.07) is 61.4. The molecule has 2 aromatic heterocycles. The van der Waals surface area contributed by atoms with Crippen LogP contribution >= 0.6 is 0 Å². The van der Waals surface area contributed by atoms with Crippen LogP contribution in [-0.2, 0) is 0 Å². The van der Waals surface area contributed by atoms with E-state index in [1.165, 1.54) is 65.9 Å². The minimum atomic E-state index is 1.15. The maximum absolute atomic E-state index is 2.48. The van der Waals surface area contributed by atoms with E-state index < -0.39 is 0 Å². The Labute approximate surface area is 255 Å². The second kappa shape index (κ2) is 9.86. The molecule has 44 heavy (non-hydrogen) atoms. The summed E-state index contributed by atoms with van der Waals surface area (Å²) in [5.41, 5.74) is 12.0. The third kappa shape index (κ3) is 3.75. The molecule has 2 heterocycles. The summed E-state index contributed by atoms with van der Waals surface area (Å²) in [5, 5.41) is 5.04. The van der Waals surface area contributed by atoms with Gasteiger partial charge in [-0.1, -0.05) is 127 Å². The van der Waals surface area contributed by atoms with Gasteiger partial charge in [-0.2, -0.15) is 0 Å². The molecule has 7 aromatic carbocycles. The molecule has 0 aliphatic carbocycles. The van der Waals surface area contributed by atoms with E-state index in [4.69, 9.17) is 0 Å². The quantitative estimate of drug-likeness (QED) is 0.203. The first kappa shape index (κ1) is 24.7. The molecule has 0 spiro atoms. The molecule has 2 nitrogen and oxygen atoms in total. The molecule has 9 aromatic rings. The first-order valence-electron chi connectivity index (χ1n) is 15.1. The van der Waals surface area contributed by atoms with Gasteiger partial charge in [-0.25, -0.2) is 0 Å². The molecule has 0 unspecified atom stereocenters. The van der Waals surface area contributed by atoms with Crippen LogP contribution in [0.5, 0.6) is 0 Å². The molecule has 0 N–H and O–H groups in total. The van der Waals surface area contributed by atoms with Gasteiger partial charge in [0, 0.05) is 38.5 Å². The van der Waals surface area contributed by atoms with E-state index in [2.05, 4.69) is 179 Å². The highest BCUT2D eigenvalue weighted by Gasteiger charge is 2.20. The third-order valence-corrected chi connectivity index (χ3v) is 8.89. The maximum atomic E-state index is 2.48. The van der Waals surface area contributed by atoms with Crippen molar-refractivity contribution in [2.24, 2.45) is 0 Å². The minimum Gasteiger partial charge on any atom is -0.309 e. The highest BCUT2D eigenvalue weighted by atomic mass is 15.0. The van der Waals surface area contributed by atoms with E-state index in [0.717, 1.165) is 11.4 Å². The molecule has 0 saturated carbocycles. The summed E-state index contributed by atoms with van der Waals surface area (Å²) in [4.78, 5) is 0. The Hall–Kier alpha value is -5.86. The van der Waals surface area contributed by atoms with Crippen LogP contribution in [-0.4, -0.2) is 9.13 Å². The van der Waals surface area contributed by atoms with Crippen molar-refractivity contribution in [1.29, 1.82) is 0 Å². The molecular formula is C42H28N2. The van der Waals surface area contributed by atoms with Gasteiger partial charge >= 0.3 is 0 Å². The van der Waals surface area contributed by atoms with E-state index in [0.29, 0.717) is 0 Å². The van der Waals surface area contributed by atoms with Gasteiger partial charge in [-0.05, 0) is 59.2 Å². The van der Waals surface area contributed by atoms with Gasteiger partial charge < -0.3 is 9.13 Å². The molecule has 0 amide bonds. The van der Waals surface area contributed by atoms with Crippen molar-refractivity contribution in [3.63, 3.8) is 0 Å². The number of hydrogen-bond acceptors (Lipinski definition) is 0. The lowest BCUT2D eigenvalue weighted by Crippen LogP contribution is -1.97. The lowest BCUT2D eigenvalue weighted by Gasteiger charge is -2.14. The summed E-state index contributed by atoms with van der Waals surface area (Å²) in [6.45, 7) is 0. The van der Waals surface area contributed by atoms with Gasteiger partial charge in [0.15, 0.2) is 0 Å². The van der Waals surface area contributed by atoms with Crippen LogP contribution in [0.15, 0.2) is 170 Å². The molecule has 9 rings (SSSR count). The molecule has 0 fully saturated rings. The standard InChI is InChI=1S/C42H28N2/c1-4-14-29(15-5-1)31-18-12-21-33(26-31)44-41-28-40-37(35-22-10-11-25-39(35)43(40)32-19-8-3-9-20-32)27-38(41)36-24-13-23-34(42(36)44)30-16-6-2-7-17-30/h1-28H. The van der Waals surface area contributed by atoms with Crippen LogP contribution in [0.25, 0.3) is 77.2 Å². The second-order valence-corrected chi connectivity index (χ2v) is 11.4. The van der Waals surface area contributed by atoms with E-state index in [9.17, 15) is 0 Å². The molecule has 0 saturated heterocycles. The predicted octanol–water partition coefficient (Wildman–Crippen LogP) is 11.2. The molecule has 0 atom stereocenters. The Morgan fingerprint density at radius 3 is 1.66 bits per heavy atom. The van der Waals surface area contributed by atoms with Crippen molar-refractivity contribution in [1.82, 2.24) is 9.13 Å². The first-order chi connectivity index (χ1) is 21.8. The number of para-hydroxylation sites is 3. The van der Waals surface area contributed by atoms with E-state index in [1.807, 2.05) is 0 Å². The van der Waals surface area contributed by atoms with Gasteiger partial charge in [-0.15, -0.1) is 0 Å². The van der Waals surface area contributed by atoms with Crippen LogP contribution in [0, 0.1) is 0 Å². The topological polar surface area (TPSA) is 9.86 Å². The zero-order valence-corrected chi connectivity index (χ0v) is 24.1. The first-order valence-corrected chi connectivity index (χ1v) is 15.1. The Kier molecular flexibility index (Phi) is 5.54. The van der Waals surface area contributed by atoms with Crippen molar-refractivity contribution >= 4 is 43.6 Å². The number of rotatable bonds is 4. The normalized spacial score (nSPS) is 11.6. The van der Waals surface area contributed by atoms with Crippen LogP contribution < -0.4 is 0 Å². The maximum Gasteiger partial charge on any atom is 0.0619 e. The predicted molar refractivity (Wildman–Crippen MR) is 186 cm³/mol. The van der Waals surface area contributed by atoms with E-state index in [1.54, 1.807) is 0 Å². The number of nitrogens with zero attached hydrogens (tertiary/aromatic N) is 2. The van der Waals surface area contributed by atoms with E-state index >= 15 is 0 Å². The van der Waals surface area contributed by atoms with Crippen molar-refractivity contribution in [2.45, 2.75) is 0 Å². The zero-order valence-electron chi connectivity index (χ0n) is 24.1. The van der Waals surface area contributed by atoms with Crippen molar-refractivity contribution in [2.75, 3.05) is 0 Å². The summed E-state index contributed by atoms with van der Waals surface area (Å²) < 4.78 is 4.89. The minimum absolute atomic E-state index is 1.15.